The first kappa shape index (κ1) is 30.8. The molecule has 0 aliphatic rings. The van der Waals surface area contributed by atoms with Crippen LogP contribution in [0.3, 0.4) is 0 Å². The van der Waals surface area contributed by atoms with Crippen LogP contribution < -0.4 is 5.32 Å². The third-order valence-electron chi connectivity index (χ3n) is 6.68. The highest BCUT2D eigenvalue weighted by molar-refractivity contribution is 5.92. The molecule has 0 fully saturated rings. The van der Waals surface area contributed by atoms with Crippen LogP contribution in [0.15, 0.2) is 60.8 Å². The standard InChI is InChI=1S/C29H27F6N5O2/c1-3-17(2)14-40(25(42)16-41)15-20-13-24(37-19-8-6-18(7-9-19)28(30,31)32)21-10-11-23(39-27(21)38-20)26-22(29(33,34)35)5-4-12-36-26/h4-13,16-17,25,42H,3,14-15H2,1-2H3,(H,37,38,39). The summed E-state index contributed by atoms with van der Waals surface area (Å²) < 4.78 is 80.2. The maximum atomic E-state index is 13.7. The molecule has 0 amide bonds. The van der Waals surface area contributed by atoms with E-state index in [2.05, 4.69) is 20.3 Å². The number of hydrogen-bond donors (Lipinski definition) is 2. The number of rotatable bonds is 10. The number of halogens is 6. The largest absolute Gasteiger partial charge is 0.418 e. The minimum Gasteiger partial charge on any atom is -0.371 e. The summed E-state index contributed by atoms with van der Waals surface area (Å²) in [5.41, 5.74) is -1.31. The van der Waals surface area contributed by atoms with E-state index in [1.807, 2.05) is 13.8 Å². The Labute approximate surface area is 237 Å². The molecule has 0 bridgehead atoms. The van der Waals surface area contributed by atoms with Crippen molar-refractivity contribution in [1.29, 1.82) is 0 Å². The molecule has 4 aromatic rings. The van der Waals surface area contributed by atoms with Gasteiger partial charge < -0.3 is 10.4 Å². The Balaban J connectivity index is 1.83. The lowest BCUT2D eigenvalue weighted by Gasteiger charge is -2.27. The Morgan fingerprint density at radius 3 is 2.33 bits per heavy atom. The summed E-state index contributed by atoms with van der Waals surface area (Å²) in [5, 5.41) is 13.7. The monoisotopic (exact) mass is 591 g/mol. The maximum Gasteiger partial charge on any atom is 0.418 e. The van der Waals surface area contributed by atoms with E-state index in [9.17, 15) is 36.2 Å². The Morgan fingerprint density at radius 1 is 1.00 bits per heavy atom. The van der Waals surface area contributed by atoms with Crippen molar-refractivity contribution in [1.82, 2.24) is 19.9 Å². The molecule has 3 aromatic heterocycles. The molecular weight excluding hydrogens is 564 g/mol. The molecule has 2 unspecified atom stereocenters. The summed E-state index contributed by atoms with van der Waals surface area (Å²) in [6.07, 6.45) is -8.29. The number of pyridine rings is 3. The molecule has 2 N–H and O–H groups in total. The second-order valence-electron chi connectivity index (χ2n) is 9.82. The molecule has 7 nitrogen and oxygen atoms in total. The maximum absolute atomic E-state index is 13.7. The van der Waals surface area contributed by atoms with Gasteiger partial charge in [0.25, 0.3) is 0 Å². The highest BCUT2D eigenvalue weighted by Gasteiger charge is 2.35. The average Bonchev–Trinajstić information content (AvgIpc) is 2.95. The Kier molecular flexibility index (Phi) is 9.12. The zero-order valence-corrected chi connectivity index (χ0v) is 22.5. The first-order chi connectivity index (χ1) is 19.8. The lowest BCUT2D eigenvalue weighted by Crippen LogP contribution is -2.39. The molecule has 1 aromatic carbocycles. The predicted octanol–water partition coefficient (Wildman–Crippen LogP) is 6.84. The number of benzene rings is 1. The van der Waals surface area contributed by atoms with Crippen molar-refractivity contribution in [2.75, 3.05) is 11.9 Å². The molecule has 4 rings (SSSR count). The van der Waals surface area contributed by atoms with Crippen LogP contribution in [0.1, 0.15) is 37.1 Å². The van der Waals surface area contributed by atoms with E-state index < -0.39 is 35.4 Å². The minimum absolute atomic E-state index is 0.0226. The lowest BCUT2D eigenvalue weighted by molar-refractivity contribution is -0.138. The van der Waals surface area contributed by atoms with Gasteiger partial charge in [0.15, 0.2) is 18.2 Å². The van der Waals surface area contributed by atoms with E-state index in [4.69, 9.17) is 0 Å². The summed E-state index contributed by atoms with van der Waals surface area (Å²) in [4.78, 5) is 25.7. The highest BCUT2D eigenvalue weighted by atomic mass is 19.4. The number of anilines is 2. The first-order valence-electron chi connectivity index (χ1n) is 12.9. The molecule has 0 aliphatic carbocycles. The van der Waals surface area contributed by atoms with Crippen molar-refractivity contribution in [3.63, 3.8) is 0 Å². The van der Waals surface area contributed by atoms with Crippen molar-refractivity contribution < 1.29 is 36.2 Å². The number of aliphatic hydroxyl groups is 1. The Hall–Kier alpha value is -4.10. The molecule has 0 spiro atoms. The number of aromatic nitrogens is 3. The van der Waals surface area contributed by atoms with E-state index >= 15 is 0 Å². The van der Waals surface area contributed by atoms with Gasteiger partial charge in [-0.3, -0.25) is 14.7 Å². The number of carbonyl (C=O) groups excluding carboxylic acids is 1. The summed E-state index contributed by atoms with van der Waals surface area (Å²) in [6.45, 7) is 4.21. The van der Waals surface area contributed by atoms with Crippen LogP contribution >= 0.6 is 0 Å². The van der Waals surface area contributed by atoms with Crippen molar-refractivity contribution >= 4 is 28.7 Å². The second kappa shape index (κ2) is 12.4. The Morgan fingerprint density at radius 2 is 1.71 bits per heavy atom. The minimum atomic E-state index is -4.69. The third kappa shape index (κ3) is 7.21. The lowest BCUT2D eigenvalue weighted by atomic mass is 10.1. The molecule has 0 saturated carbocycles. The van der Waals surface area contributed by atoms with E-state index in [0.717, 1.165) is 24.6 Å². The molecule has 2 atom stereocenters. The molecule has 0 aliphatic heterocycles. The molecule has 0 radical (unpaired) electrons. The van der Waals surface area contributed by atoms with Crippen molar-refractivity contribution in [3.05, 3.63) is 77.6 Å². The van der Waals surface area contributed by atoms with Crippen molar-refractivity contribution in [2.24, 2.45) is 5.92 Å². The fourth-order valence-electron chi connectivity index (χ4n) is 4.30. The smallest absolute Gasteiger partial charge is 0.371 e. The van der Waals surface area contributed by atoms with Gasteiger partial charge in [0, 0.05) is 30.4 Å². The predicted molar refractivity (Wildman–Crippen MR) is 144 cm³/mol. The van der Waals surface area contributed by atoms with Gasteiger partial charge in [-0.05, 0) is 60.5 Å². The van der Waals surface area contributed by atoms with E-state index in [-0.39, 0.29) is 23.8 Å². The highest BCUT2D eigenvalue weighted by Crippen LogP contribution is 2.36. The van der Waals surface area contributed by atoms with Gasteiger partial charge in [-0.1, -0.05) is 20.3 Å². The zero-order chi connectivity index (χ0) is 30.7. The van der Waals surface area contributed by atoms with Gasteiger partial charge in [0.2, 0.25) is 0 Å². The van der Waals surface area contributed by atoms with Crippen LogP contribution in [-0.4, -0.2) is 44.0 Å². The van der Waals surface area contributed by atoms with E-state index in [1.165, 1.54) is 41.4 Å². The molecule has 3 heterocycles. The summed E-state index contributed by atoms with van der Waals surface area (Å²) in [5.74, 6) is 0.111. The Bertz CT molecular complexity index is 1540. The number of hydrogen-bond acceptors (Lipinski definition) is 7. The number of alkyl halides is 6. The number of aliphatic hydroxyl groups excluding tert-OH is 1. The summed E-state index contributed by atoms with van der Waals surface area (Å²) >= 11 is 0. The normalized spacial score (nSPS) is 13.8. The SMILES string of the molecule is CCC(C)CN(Cc1cc(Nc2ccc(C(F)(F)F)cc2)c2ccc(-c3ncccc3C(F)(F)F)nc2n1)C(O)C=O. The number of nitrogens with one attached hydrogen (secondary N) is 1. The number of aldehydes is 1. The summed E-state index contributed by atoms with van der Waals surface area (Å²) in [6, 6.07) is 10.8. The second-order valence-corrected chi connectivity index (χ2v) is 9.82. The van der Waals surface area contributed by atoms with Gasteiger partial charge in [0.05, 0.1) is 28.2 Å². The first-order valence-corrected chi connectivity index (χ1v) is 12.9. The van der Waals surface area contributed by atoms with Gasteiger partial charge >= 0.3 is 12.4 Å². The van der Waals surface area contributed by atoms with Gasteiger partial charge in [0.1, 0.15) is 5.69 Å². The van der Waals surface area contributed by atoms with Crippen LogP contribution in [-0.2, 0) is 23.7 Å². The van der Waals surface area contributed by atoms with Crippen LogP contribution in [0.4, 0.5) is 37.7 Å². The topological polar surface area (TPSA) is 91.2 Å². The quantitative estimate of drug-likeness (QED) is 0.119. The molecule has 13 heteroatoms. The molecule has 222 valence electrons. The zero-order valence-electron chi connectivity index (χ0n) is 22.5. The van der Waals surface area contributed by atoms with Crippen LogP contribution in [0.25, 0.3) is 22.4 Å². The van der Waals surface area contributed by atoms with E-state index in [0.29, 0.717) is 35.3 Å². The number of fused-ring (bicyclic) bond motifs is 1. The summed E-state index contributed by atoms with van der Waals surface area (Å²) in [7, 11) is 0. The van der Waals surface area contributed by atoms with E-state index in [1.54, 1.807) is 6.07 Å². The van der Waals surface area contributed by atoms with Gasteiger partial charge in [-0.2, -0.15) is 26.3 Å². The number of nitrogens with zero attached hydrogens (tertiary/aromatic N) is 4. The fourth-order valence-corrected chi connectivity index (χ4v) is 4.30. The fraction of sp³-hybridized carbons (Fsp3) is 0.310. The number of carbonyl (C=O) groups is 1. The van der Waals surface area contributed by atoms with Crippen molar-refractivity contribution in [2.45, 2.75) is 45.4 Å². The van der Waals surface area contributed by atoms with Crippen LogP contribution in [0.2, 0.25) is 0 Å². The van der Waals surface area contributed by atoms with Crippen molar-refractivity contribution in [3.8, 4) is 11.4 Å². The van der Waals surface area contributed by atoms with Gasteiger partial charge in [-0.15, -0.1) is 0 Å². The molecule has 0 saturated heterocycles. The third-order valence-corrected chi connectivity index (χ3v) is 6.68. The van der Waals surface area contributed by atoms with Crippen LogP contribution in [0, 0.1) is 5.92 Å². The van der Waals surface area contributed by atoms with Crippen LogP contribution in [0.5, 0.6) is 0 Å². The molecular formula is C29H27F6N5O2. The molecule has 42 heavy (non-hydrogen) atoms. The average molecular weight is 592 g/mol. The van der Waals surface area contributed by atoms with Gasteiger partial charge in [-0.25, -0.2) is 9.97 Å².